The van der Waals surface area contributed by atoms with Crippen molar-refractivity contribution in [2.24, 2.45) is 0 Å². The van der Waals surface area contributed by atoms with Gasteiger partial charge in [-0.25, -0.2) is 0 Å². The highest BCUT2D eigenvalue weighted by molar-refractivity contribution is 6.30. The minimum absolute atomic E-state index is 0.0539. The summed E-state index contributed by atoms with van der Waals surface area (Å²) < 4.78 is 0. The number of rotatable bonds is 7. The highest BCUT2D eigenvalue weighted by Gasteiger charge is 2.18. The second-order valence-corrected chi connectivity index (χ2v) is 7.33. The second kappa shape index (κ2) is 10.0. The van der Waals surface area contributed by atoms with E-state index in [0.717, 1.165) is 0 Å². The van der Waals surface area contributed by atoms with Crippen LogP contribution in [0, 0.1) is 0 Å². The number of anilines is 1. The first-order valence-corrected chi connectivity index (χ1v) is 10.4. The van der Waals surface area contributed by atoms with Gasteiger partial charge in [0, 0.05) is 40.5 Å². The molecule has 0 aliphatic rings. The Hall–Kier alpha value is -3.44. The number of halogens is 1. The summed E-state index contributed by atoms with van der Waals surface area (Å²) in [4.78, 5) is 40.0. The highest BCUT2D eigenvalue weighted by atomic mass is 35.5. The first-order valence-electron chi connectivity index (χ1n) is 10.0. The third-order valence-electron chi connectivity index (χ3n) is 4.96. The van der Waals surface area contributed by atoms with E-state index in [1.165, 1.54) is 0 Å². The van der Waals surface area contributed by atoms with E-state index in [0.29, 0.717) is 40.5 Å². The molecule has 0 unspecified atom stereocenters. The van der Waals surface area contributed by atoms with Crippen molar-refractivity contribution < 1.29 is 14.4 Å². The van der Waals surface area contributed by atoms with Crippen LogP contribution in [0.5, 0.6) is 0 Å². The fourth-order valence-electron chi connectivity index (χ4n) is 3.22. The van der Waals surface area contributed by atoms with Crippen molar-refractivity contribution in [2.75, 3.05) is 18.4 Å². The molecule has 0 aliphatic heterocycles. The number of amides is 2. The summed E-state index contributed by atoms with van der Waals surface area (Å²) in [6.45, 7) is 5.12. The van der Waals surface area contributed by atoms with Crippen LogP contribution in [0.2, 0.25) is 5.02 Å². The lowest BCUT2D eigenvalue weighted by molar-refractivity contribution is 0.0772. The Morgan fingerprint density at radius 3 is 1.90 bits per heavy atom. The first kappa shape index (κ1) is 22.2. The molecule has 31 heavy (non-hydrogen) atoms. The molecule has 6 heteroatoms. The van der Waals surface area contributed by atoms with Gasteiger partial charge >= 0.3 is 0 Å². The van der Waals surface area contributed by atoms with Crippen molar-refractivity contribution in [1.82, 2.24) is 4.90 Å². The molecule has 3 rings (SSSR count). The maximum atomic E-state index is 12.9. The summed E-state index contributed by atoms with van der Waals surface area (Å²) in [6.07, 6.45) is 0. The van der Waals surface area contributed by atoms with Crippen LogP contribution >= 0.6 is 11.6 Å². The smallest absolute Gasteiger partial charge is 0.256 e. The van der Waals surface area contributed by atoms with E-state index in [4.69, 9.17) is 11.6 Å². The zero-order chi connectivity index (χ0) is 22.4. The fraction of sp³-hybridized carbons (Fsp3) is 0.160. The standard InChI is InChI=1S/C25H23ClN2O3/c1-3-28(4-2)25(31)18-11-15-20(16-12-18)27-24(30)22-8-6-5-7-21(22)23(29)17-9-13-19(26)14-10-17/h5-16H,3-4H2,1-2H3,(H,27,30). The molecule has 0 saturated carbocycles. The van der Waals surface area contributed by atoms with Crippen LogP contribution in [0.3, 0.4) is 0 Å². The van der Waals surface area contributed by atoms with Crippen LogP contribution in [-0.2, 0) is 0 Å². The van der Waals surface area contributed by atoms with E-state index in [1.807, 2.05) is 13.8 Å². The third-order valence-corrected chi connectivity index (χ3v) is 5.22. The van der Waals surface area contributed by atoms with Gasteiger partial charge in [0.2, 0.25) is 0 Å². The summed E-state index contributed by atoms with van der Waals surface area (Å²) in [5.74, 6) is -0.717. The molecule has 0 bridgehead atoms. The molecule has 0 aromatic heterocycles. The Balaban J connectivity index is 1.79. The molecule has 3 aromatic carbocycles. The van der Waals surface area contributed by atoms with Crippen molar-refractivity contribution in [3.63, 3.8) is 0 Å². The average Bonchev–Trinajstić information content (AvgIpc) is 2.80. The van der Waals surface area contributed by atoms with Gasteiger partial charge in [-0.2, -0.15) is 0 Å². The summed E-state index contributed by atoms with van der Waals surface area (Å²) in [5.41, 5.74) is 2.11. The van der Waals surface area contributed by atoms with Crippen molar-refractivity contribution in [3.8, 4) is 0 Å². The topological polar surface area (TPSA) is 66.5 Å². The molecule has 3 aromatic rings. The van der Waals surface area contributed by atoms with Gasteiger partial charge in [-0.05, 0) is 68.4 Å². The van der Waals surface area contributed by atoms with Crippen molar-refractivity contribution >= 4 is 34.9 Å². The summed E-state index contributed by atoms with van der Waals surface area (Å²) in [5, 5.41) is 3.33. The van der Waals surface area contributed by atoms with E-state index in [9.17, 15) is 14.4 Å². The maximum absolute atomic E-state index is 12.9. The van der Waals surface area contributed by atoms with Crippen LogP contribution < -0.4 is 5.32 Å². The zero-order valence-corrected chi connectivity index (χ0v) is 18.1. The largest absolute Gasteiger partial charge is 0.339 e. The number of hydrogen-bond acceptors (Lipinski definition) is 3. The minimum atomic E-state index is -0.402. The molecule has 0 saturated heterocycles. The van der Waals surface area contributed by atoms with Crippen LogP contribution in [0.1, 0.15) is 50.5 Å². The molecule has 0 atom stereocenters. The van der Waals surface area contributed by atoms with Crippen LogP contribution in [-0.4, -0.2) is 35.6 Å². The third kappa shape index (κ3) is 5.19. The van der Waals surface area contributed by atoms with E-state index in [2.05, 4.69) is 5.32 Å². The molecular formula is C25H23ClN2O3. The lowest BCUT2D eigenvalue weighted by atomic mass is 9.98. The molecule has 0 fully saturated rings. The van der Waals surface area contributed by atoms with Crippen molar-refractivity contribution in [3.05, 3.63) is 100 Å². The van der Waals surface area contributed by atoms with Gasteiger partial charge in [0.05, 0.1) is 5.56 Å². The lowest BCUT2D eigenvalue weighted by Gasteiger charge is -2.18. The van der Waals surface area contributed by atoms with Gasteiger partial charge in [-0.3, -0.25) is 14.4 Å². The highest BCUT2D eigenvalue weighted by Crippen LogP contribution is 2.19. The SMILES string of the molecule is CCN(CC)C(=O)c1ccc(NC(=O)c2ccccc2C(=O)c2ccc(Cl)cc2)cc1. The van der Waals surface area contributed by atoms with Crippen LogP contribution in [0.4, 0.5) is 5.69 Å². The fourth-order valence-corrected chi connectivity index (χ4v) is 3.35. The Labute approximate surface area is 186 Å². The minimum Gasteiger partial charge on any atom is -0.339 e. The quantitative estimate of drug-likeness (QED) is 0.513. The van der Waals surface area contributed by atoms with Crippen molar-refractivity contribution in [2.45, 2.75) is 13.8 Å². The molecule has 0 radical (unpaired) electrons. The van der Waals surface area contributed by atoms with E-state index in [-0.39, 0.29) is 17.3 Å². The number of carbonyl (C=O) groups excluding carboxylic acids is 3. The van der Waals surface area contributed by atoms with E-state index in [1.54, 1.807) is 77.7 Å². The maximum Gasteiger partial charge on any atom is 0.256 e. The summed E-state index contributed by atoms with van der Waals surface area (Å²) >= 11 is 5.90. The molecule has 158 valence electrons. The molecule has 1 N–H and O–H groups in total. The molecule has 5 nitrogen and oxygen atoms in total. The Kier molecular flexibility index (Phi) is 7.21. The number of carbonyl (C=O) groups is 3. The number of ketones is 1. The Morgan fingerprint density at radius 2 is 1.32 bits per heavy atom. The zero-order valence-electron chi connectivity index (χ0n) is 17.4. The first-order chi connectivity index (χ1) is 14.9. The summed E-state index contributed by atoms with van der Waals surface area (Å²) in [6, 6.07) is 19.9. The Morgan fingerprint density at radius 1 is 0.774 bits per heavy atom. The molecule has 0 spiro atoms. The lowest BCUT2D eigenvalue weighted by Crippen LogP contribution is -2.30. The number of nitrogens with zero attached hydrogens (tertiary/aromatic N) is 1. The Bertz CT molecular complexity index is 1090. The van der Waals surface area contributed by atoms with Gasteiger partial charge in [0.15, 0.2) is 5.78 Å². The number of hydrogen-bond donors (Lipinski definition) is 1. The second-order valence-electron chi connectivity index (χ2n) is 6.89. The predicted octanol–water partition coefficient (Wildman–Crippen LogP) is 5.31. The van der Waals surface area contributed by atoms with E-state index < -0.39 is 5.91 Å². The van der Waals surface area contributed by atoms with Gasteiger partial charge in [0.25, 0.3) is 11.8 Å². The number of nitrogens with one attached hydrogen (secondary N) is 1. The molecule has 0 heterocycles. The monoisotopic (exact) mass is 434 g/mol. The summed E-state index contributed by atoms with van der Waals surface area (Å²) in [7, 11) is 0. The van der Waals surface area contributed by atoms with Crippen molar-refractivity contribution in [1.29, 1.82) is 0 Å². The van der Waals surface area contributed by atoms with E-state index >= 15 is 0 Å². The molecule has 2 amide bonds. The van der Waals surface area contributed by atoms with Crippen LogP contribution in [0.15, 0.2) is 72.8 Å². The van der Waals surface area contributed by atoms with Gasteiger partial charge in [-0.15, -0.1) is 0 Å². The van der Waals surface area contributed by atoms with Gasteiger partial charge in [0.1, 0.15) is 0 Å². The van der Waals surface area contributed by atoms with Gasteiger partial charge < -0.3 is 10.2 Å². The predicted molar refractivity (Wildman–Crippen MR) is 123 cm³/mol. The van der Waals surface area contributed by atoms with Gasteiger partial charge in [-0.1, -0.05) is 29.8 Å². The number of benzene rings is 3. The average molecular weight is 435 g/mol. The molecular weight excluding hydrogens is 412 g/mol. The molecule has 0 aliphatic carbocycles. The van der Waals surface area contributed by atoms with Crippen LogP contribution in [0.25, 0.3) is 0 Å². The normalized spacial score (nSPS) is 10.4.